The molecular weight excluding hydrogens is 358 g/mol. The maximum atomic E-state index is 5.30. The number of ether oxygens (including phenoxy) is 1. The van der Waals surface area contributed by atoms with Crippen LogP contribution in [0.5, 0.6) is 5.75 Å². The number of nitrogens with zero attached hydrogens (tertiary/aromatic N) is 4. The second-order valence-electron chi connectivity index (χ2n) is 6.54. The number of pyridine rings is 1. The van der Waals surface area contributed by atoms with E-state index in [1.165, 1.54) is 29.7 Å². The number of benzene rings is 1. The van der Waals surface area contributed by atoms with Crippen LogP contribution in [-0.4, -0.2) is 46.8 Å². The van der Waals surface area contributed by atoms with Crippen molar-refractivity contribution in [2.75, 3.05) is 32.1 Å². The fourth-order valence-electron chi connectivity index (χ4n) is 3.41. The van der Waals surface area contributed by atoms with Crippen molar-refractivity contribution in [1.82, 2.24) is 20.1 Å². The van der Waals surface area contributed by atoms with E-state index in [4.69, 9.17) is 4.74 Å². The summed E-state index contributed by atoms with van der Waals surface area (Å²) < 4.78 is 5.30. The number of methoxy groups -OCH3 is 1. The monoisotopic (exact) mass is 381 g/mol. The minimum atomic E-state index is 0.306. The van der Waals surface area contributed by atoms with Gasteiger partial charge in [0, 0.05) is 12.7 Å². The zero-order chi connectivity index (χ0) is 18.5. The van der Waals surface area contributed by atoms with Crippen molar-refractivity contribution < 1.29 is 4.74 Å². The van der Waals surface area contributed by atoms with Crippen LogP contribution >= 0.6 is 11.3 Å². The van der Waals surface area contributed by atoms with Gasteiger partial charge in [0.2, 0.25) is 5.13 Å². The molecule has 3 aromatic rings. The van der Waals surface area contributed by atoms with Gasteiger partial charge in [0.1, 0.15) is 11.4 Å². The van der Waals surface area contributed by atoms with E-state index >= 15 is 0 Å². The van der Waals surface area contributed by atoms with E-state index in [2.05, 4.69) is 37.5 Å². The molecule has 1 N–H and O–H groups in total. The van der Waals surface area contributed by atoms with Gasteiger partial charge in [-0.1, -0.05) is 29.5 Å². The van der Waals surface area contributed by atoms with Crippen LogP contribution in [0.4, 0.5) is 5.13 Å². The average molecular weight is 382 g/mol. The van der Waals surface area contributed by atoms with Gasteiger partial charge in [-0.15, -0.1) is 10.2 Å². The van der Waals surface area contributed by atoms with Gasteiger partial charge in [0.15, 0.2) is 5.01 Å². The van der Waals surface area contributed by atoms with Crippen LogP contribution in [-0.2, 0) is 0 Å². The van der Waals surface area contributed by atoms with E-state index in [9.17, 15) is 0 Å². The highest BCUT2D eigenvalue weighted by molar-refractivity contribution is 7.18. The molecule has 140 valence electrons. The Bertz CT molecular complexity index is 846. The Morgan fingerprint density at radius 1 is 1.11 bits per heavy atom. The van der Waals surface area contributed by atoms with Crippen molar-refractivity contribution >= 4 is 16.5 Å². The molecule has 0 spiro atoms. The molecule has 2 aromatic heterocycles. The van der Waals surface area contributed by atoms with Crippen LogP contribution in [0.2, 0.25) is 0 Å². The standard InChI is InChI=1S/C20H23N5OS/c1-26-16-9-7-15(8-10-16)18(25-12-4-5-13-25)14-22-20-24-23-19(27-20)17-6-2-3-11-21-17/h2-3,6-11,18H,4-5,12-14H2,1H3,(H,22,24). The Hall–Kier alpha value is -2.51. The van der Waals surface area contributed by atoms with E-state index in [1.54, 1.807) is 13.3 Å². The molecule has 1 saturated heterocycles. The van der Waals surface area contributed by atoms with E-state index < -0.39 is 0 Å². The second kappa shape index (κ2) is 8.45. The van der Waals surface area contributed by atoms with Gasteiger partial charge >= 0.3 is 0 Å². The molecule has 1 aromatic carbocycles. The third kappa shape index (κ3) is 4.26. The van der Waals surface area contributed by atoms with Gasteiger partial charge in [-0.25, -0.2) is 0 Å². The number of hydrogen-bond acceptors (Lipinski definition) is 7. The topological polar surface area (TPSA) is 63.2 Å². The minimum absolute atomic E-state index is 0.306. The fraction of sp³-hybridized carbons (Fsp3) is 0.350. The summed E-state index contributed by atoms with van der Waals surface area (Å²) >= 11 is 1.54. The van der Waals surface area contributed by atoms with Crippen LogP contribution < -0.4 is 10.1 Å². The molecular formula is C20H23N5OS. The quantitative estimate of drug-likeness (QED) is 0.671. The Balaban J connectivity index is 1.48. The Morgan fingerprint density at radius 3 is 2.63 bits per heavy atom. The van der Waals surface area contributed by atoms with Crippen molar-refractivity contribution in [2.24, 2.45) is 0 Å². The SMILES string of the molecule is COc1ccc(C(CNc2nnc(-c3ccccn3)s2)N2CCCC2)cc1. The number of anilines is 1. The number of rotatable bonds is 7. The summed E-state index contributed by atoms with van der Waals surface area (Å²) in [4.78, 5) is 6.88. The Kier molecular flexibility index (Phi) is 5.60. The van der Waals surface area contributed by atoms with Crippen LogP contribution in [0.1, 0.15) is 24.4 Å². The molecule has 1 unspecified atom stereocenters. The molecule has 3 heterocycles. The highest BCUT2D eigenvalue weighted by Crippen LogP contribution is 2.29. The first-order chi connectivity index (χ1) is 13.3. The Labute approximate surface area is 163 Å². The van der Waals surface area contributed by atoms with Crippen molar-refractivity contribution in [3.05, 3.63) is 54.2 Å². The van der Waals surface area contributed by atoms with Gasteiger partial charge in [0.05, 0.1) is 13.2 Å². The fourth-order valence-corrected chi connectivity index (χ4v) is 4.14. The predicted octanol–water partition coefficient (Wildman–Crippen LogP) is 3.86. The van der Waals surface area contributed by atoms with Crippen LogP contribution in [0.3, 0.4) is 0 Å². The molecule has 0 radical (unpaired) electrons. The largest absolute Gasteiger partial charge is 0.497 e. The molecule has 1 fully saturated rings. The van der Waals surface area contributed by atoms with Gasteiger partial charge < -0.3 is 10.1 Å². The van der Waals surface area contributed by atoms with E-state index in [-0.39, 0.29) is 0 Å². The maximum absolute atomic E-state index is 5.30. The van der Waals surface area contributed by atoms with Gasteiger partial charge in [-0.05, 0) is 55.8 Å². The molecule has 0 amide bonds. The number of aromatic nitrogens is 3. The molecule has 1 atom stereocenters. The minimum Gasteiger partial charge on any atom is -0.497 e. The highest BCUT2D eigenvalue weighted by Gasteiger charge is 2.24. The summed E-state index contributed by atoms with van der Waals surface area (Å²) in [6, 6.07) is 14.5. The third-order valence-electron chi connectivity index (χ3n) is 4.84. The van der Waals surface area contributed by atoms with E-state index in [1.807, 2.05) is 30.3 Å². The summed E-state index contributed by atoms with van der Waals surface area (Å²) in [5.74, 6) is 0.885. The first kappa shape index (κ1) is 17.9. The van der Waals surface area contributed by atoms with Crippen molar-refractivity contribution in [1.29, 1.82) is 0 Å². The van der Waals surface area contributed by atoms with Crippen molar-refractivity contribution in [3.63, 3.8) is 0 Å². The summed E-state index contributed by atoms with van der Waals surface area (Å²) in [6.07, 6.45) is 4.29. The summed E-state index contributed by atoms with van der Waals surface area (Å²) in [7, 11) is 1.70. The van der Waals surface area contributed by atoms with E-state index in [0.717, 1.165) is 41.2 Å². The molecule has 4 rings (SSSR count). The van der Waals surface area contributed by atoms with Crippen molar-refractivity contribution in [3.8, 4) is 16.5 Å². The lowest BCUT2D eigenvalue weighted by molar-refractivity contribution is 0.256. The lowest BCUT2D eigenvalue weighted by Gasteiger charge is -2.28. The van der Waals surface area contributed by atoms with Crippen LogP contribution in [0.15, 0.2) is 48.7 Å². The number of likely N-dealkylation sites (tertiary alicyclic amines) is 1. The molecule has 27 heavy (non-hydrogen) atoms. The number of hydrogen-bond donors (Lipinski definition) is 1. The maximum Gasteiger partial charge on any atom is 0.206 e. The lowest BCUT2D eigenvalue weighted by atomic mass is 10.1. The molecule has 1 aliphatic rings. The second-order valence-corrected chi connectivity index (χ2v) is 7.52. The zero-order valence-electron chi connectivity index (χ0n) is 15.3. The van der Waals surface area contributed by atoms with Gasteiger partial charge in [-0.3, -0.25) is 9.88 Å². The molecule has 7 heteroatoms. The van der Waals surface area contributed by atoms with Gasteiger partial charge in [0.25, 0.3) is 0 Å². The molecule has 1 aliphatic heterocycles. The first-order valence-corrected chi connectivity index (χ1v) is 10.0. The molecule has 0 aliphatic carbocycles. The first-order valence-electron chi connectivity index (χ1n) is 9.20. The Morgan fingerprint density at radius 2 is 1.93 bits per heavy atom. The van der Waals surface area contributed by atoms with Crippen LogP contribution in [0, 0.1) is 0 Å². The van der Waals surface area contributed by atoms with Crippen molar-refractivity contribution in [2.45, 2.75) is 18.9 Å². The lowest BCUT2D eigenvalue weighted by Crippen LogP contribution is -2.31. The van der Waals surface area contributed by atoms with E-state index in [0.29, 0.717) is 6.04 Å². The van der Waals surface area contributed by atoms with Gasteiger partial charge in [-0.2, -0.15) is 0 Å². The predicted molar refractivity (Wildman–Crippen MR) is 108 cm³/mol. The normalized spacial score (nSPS) is 15.6. The smallest absolute Gasteiger partial charge is 0.206 e. The highest BCUT2D eigenvalue weighted by atomic mass is 32.1. The average Bonchev–Trinajstić information content (AvgIpc) is 3.42. The molecule has 0 bridgehead atoms. The number of nitrogens with one attached hydrogen (secondary N) is 1. The summed E-state index contributed by atoms with van der Waals surface area (Å²) in [6.45, 7) is 3.06. The summed E-state index contributed by atoms with van der Waals surface area (Å²) in [5.41, 5.74) is 2.15. The zero-order valence-corrected chi connectivity index (χ0v) is 16.2. The third-order valence-corrected chi connectivity index (χ3v) is 5.74. The van der Waals surface area contributed by atoms with Crippen LogP contribution in [0.25, 0.3) is 10.7 Å². The molecule has 0 saturated carbocycles. The summed E-state index contributed by atoms with van der Waals surface area (Å²) in [5, 5.41) is 13.7. The molecule has 6 nitrogen and oxygen atoms in total.